The number of hydrogen-bond donors (Lipinski definition) is 1. The third-order valence-electron chi connectivity index (χ3n) is 4.62. The second-order valence-electron chi connectivity index (χ2n) is 6.42. The van der Waals surface area contributed by atoms with Gasteiger partial charge >= 0.3 is 0 Å². The van der Waals surface area contributed by atoms with E-state index in [1.165, 1.54) is 11.4 Å². The summed E-state index contributed by atoms with van der Waals surface area (Å²) in [5, 5.41) is 9.42. The van der Waals surface area contributed by atoms with Crippen LogP contribution in [0.2, 0.25) is 0 Å². The number of nitrogens with one attached hydrogen (secondary N) is 1. The van der Waals surface area contributed by atoms with Gasteiger partial charge in [0, 0.05) is 57.8 Å². The topological polar surface area (TPSA) is 49.3 Å². The highest BCUT2D eigenvalue weighted by molar-refractivity contribution is 7.71. The van der Waals surface area contributed by atoms with Crippen molar-refractivity contribution >= 4 is 29.3 Å². The lowest BCUT2D eigenvalue weighted by atomic mass is 10.2. The van der Waals surface area contributed by atoms with Crippen molar-refractivity contribution in [3.05, 3.63) is 46.7 Å². The minimum Gasteiger partial charge on any atom is -0.378 e. The number of benzene rings is 1. The Morgan fingerprint density at radius 3 is 2.40 bits per heavy atom. The Morgan fingerprint density at radius 2 is 1.72 bits per heavy atom. The summed E-state index contributed by atoms with van der Waals surface area (Å²) in [5.41, 5.74) is 3.97. The van der Waals surface area contributed by atoms with Gasteiger partial charge in [0.1, 0.15) is 16.3 Å². The van der Waals surface area contributed by atoms with Crippen LogP contribution in [0.1, 0.15) is 12.0 Å². The number of aromatic amines is 1. The number of H-pyrrole nitrogens is 1. The molecule has 1 aliphatic rings. The van der Waals surface area contributed by atoms with Crippen LogP contribution in [0.5, 0.6) is 0 Å². The molecule has 0 unspecified atom stereocenters. The number of rotatable bonds is 3. The molecule has 5 nitrogen and oxygen atoms in total. The quantitative estimate of drug-likeness (QED) is 0.857. The van der Waals surface area contributed by atoms with Gasteiger partial charge in [-0.3, -0.25) is 0 Å². The normalized spacial score (nSPS) is 14.8. The standard InChI is InChI=1S/C19H23N5S/c1-22(2)15-4-6-16(7-5-15)23-10-3-11-24(13-12-23)18-8-9-21-19(25)17(18)14-20/h4-9H,3,10-13H2,1-2H3,(H,21,25). The summed E-state index contributed by atoms with van der Waals surface area (Å²) in [5.74, 6) is 0. The largest absolute Gasteiger partial charge is 0.378 e. The van der Waals surface area contributed by atoms with E-state index in [1.54, 1.807) is 0 Å². The van der Waals surface area contributed by atoms with E-state index in [0.29, 0.717) is 10.2 Å². The number of hydrogen-bond acceptors (Lipinski definition) is 5. The maximum absolute atomic E-state index is 9.42. The van der Waals surface area contributed by atoms with Gasteiger partial charge in [-0.1, -0.05) is 12.2 Å². The van der Waals surface area contributed by atoms with Crippen LogP contribution >= 0.6 is 12.2 Å². The maximum Gasteiger partial charge on any atom is 0.123 e. The lowest BCUT2D eigenvalue weighted by Crippen LogP contribution is -2.31. The highest BCUT2D eigenvalue weighted by Gasteiger charge is 2.18. The summed E-state index contributed by atoms with van der Waals surface area (Å²) in [7, 11) is 4.10. The van der Waals surface area contributed by atoms with Gasteiger partial charge in [-0.2, -0.15) is 5.26 Å². The number of nitriles is 1. The van der Waals surface area contributed by atoms with Crippen molar-refractivity contribution in [2.75, 3.05) is 55.0 Å². The SMILES string of the molecule is CN(C)c1ccc(N2CCCN(c3cc[nH]c(=S)c3C#N)CC2)cc1. The minimum atomic E-state index is 0.514. The molecule has 1 aliphatic heterocycles. The van der Waals surface area contributed by atoms with E-state index in [1.807, 2.05) is 12.3 Å². The van der Waals surface area contributed by atoms with Gasteiger partial charge in [0.2, 0.25) is 0 Å². The Kier molecular flexibility index (Phi) is 5.25. The second kappa shape index (κ2) is 7.58. The summed E-state index contributed by atoms with van der Waals surface area (Å²) in [6.45, 7) is 3.75. The van der Waals surface area contributed by atoms with Crippen LogP contribution < -0.4 is 14.7 Å². The first kappa shape index (κ1) is 17.3. The average Bonchev–Trinajstić information content (AvgIpc) is 2.87. The van der Waals surface area contributed by atoms with Gasteiger partial charge in [-0.15, -0.1) is 0 Å². The van der Waals surface area contributed by atoms with E-state index in [4.69, 9.17) is 12.2 Å². The molecule has 1 saturated heterocycles. The highest BCUT2D eigenvalue weighted by atomic mass is 32.1. The van der Waals surface area contributed by atoms with E-state index >= 15 is 0 Å². The molecule has 130 valence electrons. The van der Waals surface area contributed by atoms with Crippen molar-refractivity contribution < 1.29 is 0 Å². The summed E-state index contributed by atoms with van der Waals surface area (Å²) in [6.07, 6.45) is 2.87. The first-order valence-electron chi connectivity index (χ1n) is 8.49. The van der Waals surface area contributed by atoms with Gasteiger partial charge in [0.15, 0.2) is 0 Å². The fraction of sp³-hybridized carbons (Fsp3) is 0.368. The molecule has 1 aromatic carbocycles. The van der Waals surface area contributed by atoms with E-state index in [0.717, 1.165) is 38.3 Å². The van der Waals surface area contributed by atoms with E-state index in [-0.39, 0.29) is 0 Å². The summed E-state index contributed by atoms with van der Waals surface area (Å²) in [6, 6.07) is 12.9. The van der Waals surface area contributed by atoms with E-state index in [2.05, 4.69) is 64.1 Å². The van der Waals surface area contributed by atoms with Crippen LogP contribution in [0, 0.1) is 16.0 Å². The zero-order valence-electron chi connectivity index (χ0n) is 14.7. The maximum atomic E-state index is 9.42. The van der Waals surface area contributed by atoms with Crippen LogP contribution in [0.25, 0.3) is 0 Å². The molecule has 1 N–H and O–H groups in total. The monoisotopic (exact) mass is 353 g/mol. The Hall–Kier alpha value is -2.52. The molecule has 0 spiro atoms. The summed E-state index contributed by atoms with van der Waals surface area (Å²) >= 11 is 5.26. The third-order valence-corrected chi connectivity index (χ3v) is 4.94. The van der Waals surface area contributed by atoms with Gasteiger partial charge in [0.25, 0.3) is 0 Å². The van der Waals surface area contributed by atoms with Crippen molar-refractivity contribution in [1.29, 1.82) is 5.26 Å². The first-order valence-corrected chi connectivity index (χ1v) is 8.90. The Balaban J connectivity index is 1.76. The van der Waals surface area contributed by atoms with Crippen molar-refractivity contribution in [2.45, 2.75) is 6.42 Å². The molecule has 1 fully saturated rings. The fourth-order valence-corrected chi connectivity index (χ4v) is 3.44. The predicted octanol–water partition coefficient (Wildman–Crippen LogP) is 3.40. The molecule has 0 amide bonds. The predicted molar refractivity (Wildman–Crippen MR) is 106 cm³/mol. The van der Waals surface area contributed by atoms with Crippen LogP contribution in [-0.4, -0.2) is 45.3 Å². The van der Waals surface area contributed by atoms with Crippen LogP contribution in [-0.2, 0) is 0 Å². The molecule has 1 aromatic heterocycles. The zero-order valence-corrected chi connectivity index (χ0v) is 15.5. The molecule has 0 saturated carbocycles. The highest BCUT2D eigenvalue weighted by Crippen LogP contribution is 2.24. The smallest absolute Gasteiger partial charge is 0.123 e. The molecule has 25 heavy (non-hydrogen) atoms. The van der Waals surface area contributed by atoms with Gasteiger partial charge in [-0.25, -0.2) is 0 Å². The van der Waals surface area contributed by atoms with Crippen molar-refractivity contribution in [3.8, 4) is 6.07 Å². The molecule has 0 radical (unpaired) electrons. The lowest BCUT2D eigenvalue weighted by molar-refractivity contribution is 0.805. The summed E-state index contributed by atoms with van der Waals surface area (Å²) < 4.78 is 0.514. The molecule has 0 atom stereocenters. The van der Waals surface area contributed by atoms with E-state index < -0.39 is 0 Å². The van der Waals surface area contributed by atoms with Crippen LogP contribution in [0.3, 0.4) is 0 Å². The van der Waals surface area contributed by atoms with Gasteiger partial charge < -0.3 is 19.7 Å². The zero-order chi connectivity index (χ0) is 17.8. The van der Waals surface area contributed by atoms with Crippen molar-refractivity contribution in [1.82, 2.24) is 4.98 Å². The number of aromatic nitrogens is 1. The molecular weight excluding hydrogens is 330 g/mol. The van der Waals surface area contributed by atoms with Gasteiger partial charge in [-0.05, 0) is 36.8 Å². The fourth-order valence-electron chi connectivity index (χ4n) is 3.22. The number of pyridine rings is 1. The minimum absolute atomic E-state index is 0.514. The Bertz CT molecular complexity index is 819. The van der Waals surface area contributed by atoms with Crippen LogP contribution in [0.15, 0.2) is 36.5 Å². The molecule has 2 aromatic rings. The molecular formula is C19H23N5S. The molecule has 0 aliphatic carbocycles. The second-order valence-corrected chi connectivity index (χ2v) is 6.83. The Labute approximate surface area is 154 Å². The number of anilines is 3. The molecule has 0 bridgehead atoms. The van der Waals surface area contributed by atoms with Crippen molar-refractivity contribution in [2.24, 2.45) is 0 Å². The third kappa shape index (κ3) is 3.77. The average molecular weight is 353 g/mol. The molecule has 3 rings (SSSR count). The number of nitrogens with zero attached hydrogens (tertiary/aromatic N) is 4. The lowest BCUT2D eigenvalue weighted by Gasteiger charge is -2.25. The van der Waals surface area contributed by atoms with Crippen LogP contribution in [0.4, 0.5) is 17.1 Å². The first-order chi connectivity index (χ1) is 12.1. The molecule has 2 heterocycles. The van der Waals surface area contributed by atoms with E-state index in [9.17, 15) is 5.26 Å². The summed E-state index contributed by atoms with van der Waals surface area (Å²) in [4.78, 5) is 9.74. The molecule has 6 heteroatoms. The Morgan fingerprint density at radius 1 is 1.04 bits per heavy atom. The van der Waals surface area contributed by atoms with Gasteiger partial charge in [0.05, 0.1) is 5.69 Å². The van der Waals surface area contributed by atoms with Crippen molar-refractivity contribution in [3.63, 3.8) is 0 Å².